The van der Waals surface area contributed by atoms with Gasteiger partial charge in [-0.15, -0.1) is 22.6 Å². The van der Waals surface area contributed by atoms with Gasteiger partial charge in [-0.2, -0.15) is 0 Å². The summed E-state index contributed by atoms with van der Waals surface area (Å²) in [5.74, 6) is 1.69. The lowest BCUT2D eigenvalue weighted by Gasteiger charge is -2.12. The Morgan fingerprint density at radius 2 is 1.90 bits per heavy atom. The summed E-state index contributed by atoms with van der Waals surface area (Å²) in [5.41, 5.74) is 8.42. The number of hydrogen-bond donors (Lipinski definition) is 1. The van der Waals surface area contributed by atoms with Gasteiger partial charge in [-0.3, -0.25) is 0 Å². The Morgan fingerprint density at radius 3 is 2.55 bits per heavy atom. The molecule has 2 rings (SSSR count). The maximum absolute atomic E-state index is 6.00. The van der Waals surface area contributed by atoms with E-state index >= 15 is 0 Å². The quantitative estimate of drug-likeness (QED) is 0.921. The molecule has 0 aliphatic carbocycles. The zero-order valence-corrected chi connectivity index (χ0v) is 13.0. The van der Waals surface area contributed by atoms with Crippen LogP contribution >= 0.6 is 12.4 Å². The van der Waals surface area contributed by atoms with E-state index in [1.54, 1.807) is 0 Å². The van der Waals surface area contributed by atoms with Gasteiger partial charge in [0.2, 0.25) is 11.8 Å². The number of benzene rings is 1. The van der Waals surface area contributed by atoms with Crippen molar-refractivity contribution in [2.24, 2.45) is 11.7 Å². The Bertz CT molecular complexity index is 539. The third-order valence-corrected chi connectivity index (χ3v) is 3.21. The second-order valence-corrected chi connectivity index (χ2v) is 5.37. The van der Waals surface area contributed by atoms with Gasteiger partial charge in [0.1, 0.15) is 0 Å². The minimum absolute atomic E-state index is 0. The van der Waals surface area contributed by atoms with Crippen molar-refractivity contribution in [3.8, 4) is 0 Å². The molecule has 0 saturated carbocycles. The van der Waals surface area contributed by atoms with E-state index in [2.05, 4.69) is 49.2 Å². The molecule has 0 aliphatic rings. The molecule has 0 unspecified atom stereocenters. The fraction of sp³-hybridized carbons (Fsp3) is 0.467. The van der Waals surface area contributed by atoms with Gasteiger partial charge < -0.3 is 10.2 Å². The van der Waals surface area contributed by atoms with E-state index in [-0.39, 0.29) is 18.4 Å². The molecule has 2 N–H and O–H groups in total. The third kappa shape index (κ3) is 4.62. The maximum Gasteiger partial charge on any atom is 0.220 e. The molecule has 0 radical (unpaired) electrons. The summed E-state index contributed by atoms with van der Waals surface area (Å²) < 4.78 is 5.65. The molecule has 20 heavy (non-hydrogen) atoms. The highest BCUT2D eigenvalue weighted by Gasteiger charge is 2.14. The minimum Gasteiger partial charge on any atom is -0.425 e. The van der Waals surface area contributed by atoms with Crippen molar-refractivity contribution in [1.29, 1.82) is 0 Å². The summed E-state index contributed by atoms with van der Waals surface area (Å²) in [6.07, 6.45) is 1.31. The number of aryl methyl sites for hydroxylation is 1. The Balaban J connectivity index is 0.00000200. The lowest BCUT2D eigenvalue weighted by molar-refractivity contribution is 0.405. The Labute approximate surface area is 126 Å². The van der Waals surface area contributed by atoms with Crippen LogP contribution in [0.15, 0.2) is 28.7 Å². The van der Waals surface area contributed by atoms with Crippen LogP contribution in [0.4, 0.5) is 0 Å². The maximum atomic E-state index is 6.00. The molecule has 0 bridgehead atoms. The number of rotatable bonds is 5. The smallest absolute Gasteiger partial charge is 0.220 e. The molecule has 1 atom stereocenters. The van der Waals surface area contributed by atoms with E-state index in [9.17, 15) is 0 Å². The van der Waals surface area contributed by atoms with Crippen molar-refractivity contribution in [2.45, 2.75) is 39.7 Å². The van der Waals surface area contributed by atoms with Gasteiger partial charge in [0, 0.05) is 12.5 Å². The third-order valence-electron chi connectivity index (χ3n) is 3.21. The molecule has 1 aromatic heterocycles. The molecule has 0 spiro atoms. The molecule has 2 aromatic rings. The first kappa shape index (κ1) is 16.7. The fourth-order valence-corrected chi connectivity index (χ4v) is 1.88. The minimum atomic E-state index is 0. The van der Waals surface area contributed by atoms with Crippen LogP contribution in [0.1, 0.15) is 36.8 Å². The Morgan fingerprint density at radius 1 is 1.20 bits per heavy atom. The standard InChI is InChI=1S/C15H21N3O.ClH/c1-10(2)13(16)9-15-18-17-14(19-15)8-12-6-4-5-11(3)7-12;/h4-7,10,13H,8-9,16H2,1-3H3;1H/t13-;/m0./s1. The SMILES string of the molecule is Cc1cccc(Cc2nnc(C[C@H](N)C(C)C)o2)c1.Cl. The lowest BCUT2D eigenvalue weighted by Crippen LogP contribution is -2.28. The molecular weight excluding hydrogens is 274 g/mol. The Hall–Kier alpha value is -1.39. The molecule has 5 heteroatoms. The van der Waals surface area contributed by atoms with Crippen LogP contribution in [0.2, 0.25) is 0 Å². The number of hydrogen-bond acceptors (Lipinski definition) is 4. The van der Waals surface area contributed by atoms with Crippen LogP contribution in [0.3, 0.4) is 0 Å². The first-order valence-corrected chi connectivity index (χ1v) is 6.67. The van der Waals surface area contributed by atoms with Crippen LogP contribution in [-0.2, 0) is 12.8 Å². The van der Waals surface area contributed by atoms with Crippen LogP contribution in [0.5, 0.6) is 0 Å². The predicted octanol–water partition coefficient (Wildman–Crippen LogP) is 2.92. The summed E-state index contributed by atoms with van der Waals surface area (Å²) >= 11 is 0. The van der Waals surface area contributed by atoms with Gasteiger partial charge in [0.05, 0.1) is 6.42 Å². The normalized spacial score (nSPS) is 12.2. The average Bonchev–Trinajstić information content (AvgIpc) is 2.76. The van der Waals surface area contributed by atoms with Crippen molar-refractivity contribution in [2.75, 3.05) is 0 Å². The second kappa shape index (κ2) is 7.41. The van der Waals surface area contributed by atoms with E-state index in [0.29, 0.717) is 30.5 Å². The average molecular weight is 296 g/mol. The van der Waals surface area contributed by atoms with Crippen LogP contribution in [0.25, 0.3) is 0 Å². The van der Waals surface area contributed by atoms with Gasteiger partial charge >= 0.3 is 0 Å². The largest absolute Gasteiger partial charge is 0.425 e. The van der Waals surface area contributed by atoms with Gasteiger partial charge in [0.25, 0.3) is 0 Å². The number of nitrogens with two attached hydrogens (primary N) is 1. The summed E-state index contributed by atoms with van der Waals surface area (Å²) in [7, 11) is 0. The van der Waals surface area contributed by atoms with E-state index < -0.39 is 0 Å². The first-order chi connectivity index (χ1) is 9.04. The van der Waals surface area contributed by atoms with Crippen molar-refractivity contribution in [3.05, 3.63) is 47.2 Å². The molecule has 0 fully saturated rings. The predicted molar refractivity (Wildman–Crippen MR) is 82.0 cm³/mol. The van der Waals surface area contributed by atoms with Crippen LogP contribution < -0.4 is 5.73 Å². The van der Waals surface area contributed by atoms with Crippen molar-refractivity contribution < 1.29 is 4.42 Å². The van der Waals surface area contributed by atoms with E-state index in [0.717, 1.165) is 0 Å². The Kier molecular flexibility index (Phi) is 6.17. The number of nitrogens with zero attached hydrogens (tertiary/aromatic N) is 2. The summed E-state index contributed by atoms with van der Waals surface area (Å²) in [6, 6.07) is 8.37. The second-order valence-electron chi connectivity index (χ2n) is 5.37. The summed E-state index contributed by atoms with van der Waals surface area (Å²) in [5, 5.41) is 8.14. The summed E-state index contributed by atoms with van der Waals surface area (Å²) in [4.78, 5) is 0. The molecule has 1 heterocycles. The molecule has 4 nitrogen and oxygen atoms in total. The van der Waals surface area contributed by atoms with Crippen LogP contribution in [-0.4, -0.2) is 16.2 Å². The fourth-order valence-electron chi connectivity index (χ4n) is 1.88. The monoisotopic (exact) mass is 295 g/mol. The zero-order valence-electron chi connectivity index (χ0n) is 12.2. The van der Waals surface area contributed by atoms with Crippen molar-refractivity contribution in [1.82, 2.24) is 10.2 Å². The number of aromatic nitrogens is 2. The highest BCUT2D eigenvalue weighted by Crippen LogP contribution is 2.12. The van der Waals surface area contributed by atoms with E-state index in [4.69, 9.17) is 10.2 Å². The van der Waals surface area contributed by atoms with Crippen molar-refractivity contribution >= 4 is 12.4 Å². The van der Waals surface area contributed by atoms with E-state index in [1.807, 2.05) is 6.07 Å². The molecule has 0 saturated heterocycles. The summed E-state index contributed by atoms with van der Waals surface area (Å²) in [6.45, 7) is 6.26. The molecular formula is C15H22ClN3O. The molecule has 0 aliphatic heterocycles. The topological polar surface area (TPSA) is 64.9 Å². The lowest BCUT2D eigenvalue weighted by atomic mass is 10.0. The molecule has 1 aromatic carbocycles. The van der Waals surface area contributed by atoms with Crippen molar-refractivity contribution in [3.63, 3.8) is 0 Å². The molecule has 0 amide bonds. The molecule has 110 valence electrons. The first-order valence-electron chi connectivity index (χ1n) is 6.67. The van der Waals surface area contributed by atoms with Gasteiger partial charge in [-0.25, -0.2) is 0 Å². The van der Waals surface area contributed by atoms with Gasteiger partial charge in [0.15, 0.2) is 0 Å². The highest BCUT2D eigenvalue weighted by atomic mass is 35.5. The van der Waals surface area contributed by atoms with Crippen LogP contribution in [0, 0.1) is 12.8 Å². The van der Waals surface area contributed by atoms with Gasteiger partial charge in [-0.1, -0.05) is 43.7 Å². The van der Waals surface area contributed by atoms with Gasteiger partial charge in [-0.05, 0) is 18.4 Å². The number of halogens is 1. The zero-order chi connectivity index (χ0) is 13.8. The van der Waals surface area contributed by atoms with E-state index in [1.165, 1.54) is 11.1 Å². The highest BCUT2D eigenvalue weighted by molar-refractivity contribution is 5.85.